The van der Waals surface area contributed by atoms with Gasteiger partial charge in [-0.05, 0) is 85.6 Å². The molecule has 2 heterocycles. The minimum Gasteiger partial charge on any atom is -0.311 e. The molecule has 0 saturated carbocycles. The molecule has 0 unspecified atom stereocenters. The average Bonchev–Trinajstić information content (AvgIpc) is 3.74. The molecule has 0 atom stereocenters. The van der Waals surface area contributed by atoms with Crippen molar-refractivity contribution in [1.82, 2.24) is 18.7 Å². The second kappa shape index (κ2) is 14.3. The van der Waals surface area contributed by atoms with Crippen LogP contribution in [0.1, 0.15) is 11.4 Å². The molecule has 10 heteroatoms. The summed E-state index contributed by atoms with van der Waals surface area (Å²) in [6.45, 7) is 0. The lowest BCUT2D eigenvalue weighted by Gasteiger charge is -2.26. The standard InChI is InChI=1S/C44H30N8S2/c45-37-40(48-53)42-43(44-41(37)49-54-50-44)47-39(30-23-27-36(28-24-30)52(33-17-9-3-10-18-33)34-19-11-4-12-20-34)38(46-42)29-21-25-35(26-22-29)51(31-13-5-1-6-14-31)32-15-7-2-8-16-32/h1-28,45,53H/b45-37?,48-40+. The second-order valence-corrected chi connectivity index (χ2v) is 13.2. The number of anilines is 6. The van der Waals surface area contributed by atoms with Crippen LogP contribution in [0.3, 0.4) is 0 Å². The number of hydrogen-bond acceptors (Lipinski definition) is 10. The van der Waals surface area contributed by atoms with Crippen LogP contribution in [0.2, 0.25) is 0 Å². The van der Waals surface area contributed by atoms with Crippen LogP contribution in [0, 0.1) is 5.41 Å². The van der Waals surface area contributed by atoms with Gasteiger partial charge in [-0.25, -0.2) is 14.4 Å². The maximum atomic E-state index is 8.86. The fourth-order valence-electron chi connectivity index (χ4n) is 6.74. The first kappa shape index (κ1) is 33.1. The molecule has 0 aliphatic heterocycles. The highest BCUT2D eigenvalue weighted by Crippen LogP contribution is 2.41. The molecule has 1 N–H and O–H groups in total. The molecule has 9 rings (SSSR count). The zero-order chi connectivity index (χ0) is 36.4. The predicted molar refractivity (Wildman–Crippen MR) is 224 cm³/mol. The van der Waals surface area contributed by atoms with Crippen LogP contribution in [-0.2, 0) is 0 Å². The van der Waals surface area contributed by atoms with Gasteiger partial charge in [-0.15, -0.1) is 0 Å². The summed E-state index contributed by atoms with van der Waals surface area (Å²) < 4.78 is 13.1. The lowest BCUT2D eigenvalue weighted by atomic mass is 9.95. The van der Waals surface area contributed by atoms with Gasteiger partial charge in [-0.2, -0.15) is 8.75 Å². The van der Waals surface area contributed by atoms with Crippen LogP contribution in [-0.4, -0.2) is 30.1 Å². The van der Waals surface area contributed by atoms with Crippen LogP contribution in [0.15, 0.2) is 174 Å². The number of aromatic nitrogens is 4. The van der Waals surface area contributed by atoms with Crippen LogP contribution in [0.4, 0.5) is 34.1 Å². The van der Waals surface area contributed by atoms with Crippen LogP contribution in [0.5, 0.6) is 0 Å². The highest BCUT2D eigenvalue weighted by atomic mass is 32.1. The Balaban J connectivity index is 1.19. The maximum Gasteiger partial charge on any atom is 0.135 e. The molecular formula is C44H30N8S2. The van der Waals surface area contributed by atoms with Crippen molar-refractivity contribution in [3.05, 3.63) is 181 Å². The Kier molecular flexibility index (Phi) is 8.80. The van der Waals surface area contributed by atoms with Gasteiger partial charge in [0.25, 0.3) is 0 Å². The Labute approximate surface area is 322 Å². The number of para-hydroxylation sites is 4. The monoisotopic (exact) mass is 734 g/mol. The van der Waals surface area contributed by atoms with E-state index in [0.717, 1.165) is 57.0 Å². The smallest absolute Gasteiger partial charge is 0.135 e. The van der Waals surface area contributed by atoms with Gasteiger partial charge in [-0.1, -0.05) is 97.1 Å². The number of thiol groups is 1. The zero-order valence-corrected chi connectivity index (χ0v) is 30.4. The Morgan fingerprint density at radius 3 is 1.15 bits per heavy atom. The molecular weight excluding hydrogens is 705 g/mol. The van der Waals surface area contributed by atoms with Gasteiger partial charge in [0.05, 0.1) is 23.1 Å². The molecule has 8 aromatic rings. The van der Waals surface area contributed by atoms with Crippen molar-refractivity contribution < 1.29 is 0 Å². The zero-order valence-electron chi connectivity index (χ0n) is 28.7. The largest absolute Gasteiger partial charge is 0.311 e. The average molecular weight is 735 g/mol. The minimum absolute atomic E-state index is 0.122. The van der Waals surface area contributed by atoms with E-state index in [1.807, 2.05) is 72.8 Å². The highest BCUT2D eigenvalue weighted by Gasteiger charge is 2.34. The molecule has 0 fully saturated rings. The van der Waals surface area contributed by atoms with Gasteiger partial charge < -0.3 is 9.80 Å². The van der Waals surface area contributed by atoms with E-state index in [4.69, 9.17) is 15.4 Å². The van der Waals surface area contributed by atoms with E-state index >= 15 is 0 Å². The van der Waals surface area contributed by atoms with Crippen LogP contribution in [0.25, 0.3) is 33.9 Å². The third kappa shape index (κ3) is 6.03. The van der Waals surface area contributed by atoms with Crippen molar-refractivity contribution in [3.8, 4) is 33.9 Å². The van der Waals surface area contributed by atoms with Gasteiger partial charge in [-0.3, -0.25) is 5.41 Å². The van der Waals surface area contributed by atoms with Crippen LogP contribution < -0.4 is 9.80 Å². The number of fused-ring (bicyclic) bond motifs is 3. The minimum atomic E-state index is 0.122. The van der Waals surface area contributed by atoms with Gasteiger partial charge in [0, 0.05) is 45.3 Å². The number of nitrogens with zero attached hydrogens (tertiary/aromatic N) is 7. The summed E-state index contributed by atoms with van der Waals surface area (Å²) in [5.74, 6) is 0. The van der Waals surface area contributed by atoms with E-state index in [1.54, 1.807) is 0 Å². The lowest BCUT2D eigenvalue weighted by Crippen LogP contribution is -2.25. The number of rotatable bonds is 8. The molecule has 0 bridgehead atoms. The summed E-state index contributed by atoms with van der Waals surface area (Å²) in [5.41, 5.74) is 11.6. The Hall–Kier alpha value is -6.75. The second-order valence-electron chi connectivity index (χ2n) is 12.5. The van der Waals surface area contributed by atoms with Gasteiger partial charge in [0.2, 0.25) is 0 Å². The van der Waals surface area contributed by atoms with Crippen molar-refractivity contribution in [2.75, 3.05) is 9.80 Å². The summed E-state index contributed by atoms with van der Waals surface area (Å²) in [6.07, 6.45) is 0. The predicted octanol–water partition coefficient (Wildman–Crippen LogP) is 11.3. The normalized spacial score (nSPS) is 12.6. The summed E-state index contributed by atoms with van der Waals surface area (Å²) >= 11 is 5.30. The first-order valence-corrected chi connectivity index (χ1v) is 18.4. The fraction of sp³-hybridized carbons (Fsp3) is 0. The fourth-order valence-corrected chi connectivity index (χ4v) is 7.49. The molecule has 8 nitrogen and oxygen atoms in total. The molecule has 1 aliphatic carbocycles. The van der Waals surface area contributed by atoms with Crippen molar-refractivity contribution in [1.29, 1.82) is 5.41 Å². The molecule has 1 aliphatic rings. The molecule has 54 heavy (non-hydrogen) atoms. The topological polar surface area (TPSA) is 94.2 Å². The Morgan fingerprint density at radius 1 is 0.407 bits per heavy atom. The number of hydrogen-bond donors (Lipinski definition) is 2. The van der Waals surface area contributed by atoms with E-state index < -0.39 is 0 Å². The molecule has 2 aromatic heterocycles. The number of nitrogens with one attached hydrogen (secondary N) is 1. The van der Waals surface area contributed by atoms with Crippen molar-refractivity contribution in [2.45, 2.75) is 0 Å². The molecule has 0 saturated heterocycles. The van der Waals surface area contributed by atoms with Gasteiger partial charge in [0.1, 0.15) is 34.2 Å². The summed E-state index contributed by atoms with van der Waals surface area (Å²) in [7, 11) is 0. The third-order valence-corrected chi connectivity index (χ3v) is 9.99. The van der Waals surface area contributed by atoms with Crippen LogP contribution >= 0.6 is 24.5 Å². The Morgan fingerprint density at radius 2 is 0.759 bits per heavy atom. The van der Waals surface area contributed by atoms with Gasteiger partial charge in [0.15, 0.2) is 0 Å². The van der Waals surface area contributed by atoms with E-state index in [1.165, 1.54) is 0 Å². The maximum absolute atomic E-state index is 8.86. The van der Waals surface area contributed by atoms with E-state index in [-0.39, 0.29) is 5.71 Å². The summed E-state index contributed by atoms with van der Waals surface area (Å²) in [4.78, 5) is 14.9. The summed E-state index contributed by atoms with van der Waals surface area (Å²) in [5, 5.41) is 8.86. The molecule has 0 amide bonds. The Bertz CT molecular complexity index is 2530. The van der Waals surface area contributed by atoms with Crippen molar-refractivity contribution in [3.63, 3.8) is 0 Å². The van der Waals surface area contributed by atoms with E-state index in [2.05, 4.69) is 133 Å². The first-order chi connectivity index (χ1) is 26.7. The van der Waals surface area contributed by atoms with E-state index in [0.29, 0.717) is 39.9 Å². The van der Waals surface area contributed by atoms with E-state index in [9.17, 15) is 0 Å². The highest BCUT2D eigenvalue weighted by molar-refractivity contribution is 7.79. The van der Waals surface area contributed by atoms with Crippen molar-refractivity contribution >= 4 is 70.1 Å². The number of benzene rings is 6. The van der Waals surface area contributed by atoms with Crippen molar-refractivity contribution in [2.24, 2.45) is 4.40 Å². The quantitative estimate of drug-likeness (QED) is 0.151. The molecule has 0 spiro atoms. The molecule has 6 aromatic carbocycles. The molecule has 258 valence electrons. The first-order valence-electron chi connectivity index (χ1n) is 17.3. The summed E-state index contributed by atoms with van der Waals surface area (Å²) in [6, 6.07) is 57.9. The SMILES string of the molecule is N=C1/C(=N\S)c2nc(-c3ccc(N(c4ccccc4)c4ccccc4)cc3)c(-c3ccc(N(c4ccccc4)c4ccccc4)cc3)nc2-c2nsnc21. The van der Waals surface area contributed by atoms with Gasteiger partial charge >= 0.3 is 0 Å². The lowest BCUT2D eigenvalue weighted by molar-refractivity contribution is 1.17. The third-order valence-electron chi connectivity index (χ3n) is 9.26. The molecule has 0 radical (unpaired) electrons.